The van der Waals surface area contributed by atoms with Crippen molar-refractivity contribution in [2.45, 2.75) is 50.0 Å². The molecule has 0 spiro atoms. The summed E-state index contributed by atoms with van der Waals surface area (Å²) in [4.78, 5) is 0.211. The van der Waals surface area contributed by atoms with Gasteiger partial charge in [-0.2, -0.15) is 0 Å². The molecule has 0 amide bonds. The summed E-state index contributed by atoms with van der Waals surface area (Å²) >= 11 is 0. The second-order valence-corrected chi connectivity index (χ2v) is 6.53. The van der Waals surface area contributed by atoms with E-state index in [1.165, 1.54) is 19.3 Å². The van der Waals surface area contributed by atoms with Gasteiger partial charge < -0.3 is 5.32 Å². The highest BCUT2D eigenvalue weighted by molar-refractivity contribution is 7.89. The average Bonchev–Trinajstić information content (AvgIpc) is 2.31. The molecule has 0 radical (unpaired) electrons. The molecule has 1 fully saturated rings. The van der Waals surface area contributed by atoms with Crippen molar-refractivity contribution in [1.29, 1.82) is 0 Å². The van der Waals surface area contributed by atoms with Gasteiger partial charge in [-0.1, -0.05) is 25.3 Å². The van der Waals surface area contributed by atoms with Gasteiger partial charge in [0, 0.05) is 11.7 Å². The summed E-state index contributed by atoms with van der Waals surface area (Å²) in [7, 11) is -3.64. The molecule has 4 nitrogen and oxygen atoms in total. The van der Waals surface area contributed by atoms with Crippen LogP contribution in [0.5, 0.6) is 0 Å². The highest BCUT2D eigenvalue weighted by Gasteiger charge is 2.15. The van der Waals surface area contributed by atoms with E-state index in [0.29, 0.717) is 11.6 Å². The lowest BCUT2D eigenvalue weighted by molar-refractivity contribution is 0.462. The quantitative estimate of drug-likeness (QED) is 0.884. The van der Waals surface area contributed by atoms with Gasteiger partial charge >= 0.3 is 0 Å². The number of primary sulfonamides is 1. The lowest BCUT2D eigenvalue weighted by Crippen LogP contribution is -2.22. The predicted molar refractivity (Wildman–Crippen MR) is 73.0 cm³/mol. The third-order valence-electron chi connectivity index (χ3n) is 3.47. The smallest absolute Gasteiger partial charge is 0.238 e. The van der Waals surface area contributed by atoms with Crippen LogP contribution in [-0.4, -0.2) is 14.5 Å². The highest BCUT2D eigenvalue weighted by atomic mass is 32.2. The van der Waals surface area contributed by atoms with Gasteiger partial charge in [0.25, 0.3) is 0 Å². The Morgan fingerprint density at radius 1 is 1.22 bits per heavy atom. The number of aryl methyl sites for hydroxylation is 1. The number of benzene rings is 1. The Kier molecular flexibility index (Phi) is 3.92. The maximum absolute atomic E-state index is 11.4. The van der Waals surface area contributed by atoms with E-state index in [2.05, 4.69) is 5.32 Å². The Hall–Kier alpha value is -1.07. The molecule has 1 saturated carbocycles. The number of sulfonamides is 1. The predicted octanol–water partition coefficient (Wildman–Crippen LogP) is 2.39. The molecule has 1 aliphatic rings. The van der Waals surface area contributed by atoms with Crippen molar-refractivity contribution in [1.82, 2.24) is 0 Å². The lowest BCUT2D eigenvalue weighted by Gasteiger charge is -2.24. The van der Waals surface area contributed by atoms with E-state index in [-0.39, 0.29) is 4.90 Å². The van der Waals surface area contributed by atoms with Crippen LogP contribution in [0.25, 0.3) is 0 Å². The van der Waals surface area contributed by atoms with E-state index in [1.54, 1.807) is 19.1 Å². The van der Waals surface area contributed by atoms with Gasteiger partial charge in [-0.3, -0.25) is 0 Å². The first-order valence-electron chi connectivity index (χ1n) is 6.37. The van der Waals surface area contributed by atoms with Crippen LogP contribution in [0.2, 0.25) is 0 Å². The zero-order valence-electron chi connectivity index (χ0n) is 10.6. The van der Waals surface area contributed by atoms with Gasteiger partial charge in [-0.05, 0) is 37.5 Å². The molecule has 2 rings (SSSR count). The third kappa shape index (κ3) is 3.23. The van der Waals surface area contributed by atoms with Gasteiger partial charge in [0.2, 0.25) is 10.0 Å². The number of nitrogens with one attached hydrogen (secondary N) is 1. The average molecular weight is 268 g/mol. The molecule has 0 saturated heterocycles. The maximum atomic E-state index is 11.4. The fourth-order valence-corrected chi connectivity index (χ4v) is 3.29. The Morgan fingerprint density at radius 3 is 2.50 bits per heavy atom. The number of anilines is 1. The van der Waals surface area contributed by atoms with E-state index in [1.807, 2.05) is 6.07 Å². The summed E-state index contributed by atoms with van der Waals surface area (Å²) in [6.07, 6.45) is 6.09. The molecule has 100 valence electrons. The van der Waals surface area contributed by atoms with Crippen molar-refractivity contribution in [3.63, 3.8) is 0 Å². The Balaban J connectivity index is 2.19. The van der Waals surface area contributed by atoms with E-state index in [4.69, 9.17) is 5.14 Å². The molecule has 0 bridgehead atoms. The molecule has 0 unspecified atom stereocenters. The van der Waals surface area contributed by atoms with Crippen molar-refractivity contribution in [2.75, 3.05) is 5.32 Å². The standard InChI is InChI=1S/C13H20N2O2S/c1-10-7-8-12(9-13(10)18(14,16)17)15-11-5-3-2-4-6-11/h7-9,11,15H,2-6H2,1H3,(H2,14,16,17). The minimum atomic E-state index is -3.64. The Labute approximate surface area is 109 Å². The van der Waals surface area contributed by atoms with Gasteiger partial charge in [0.15, 0.2) is 0 Å². The van der Waals surface area contributed by atoms with E-state index < -0.39 is 10.0 Å². The molecule has 1 aliphatic carbocycles. The van der Waals surface area contributed by atoms with Crippen molar-refractivity contribution in [3.8, 4) is 0 Å². The minimum absolute atomic E-state index is 0.211. The van der Waals surface area contributed by atoms with Crippen LogP contribution in [0, 0.1) is 6.92 Å². The molecule has 0 aromatic heterocycles. The zero-order valence-corrected chi connectivity index (χ0v) is 11.5. The van der Waals surface area contributed by atoms with Gasteiger partial charge in [-0.25, -0.2) is 13.6 Å². The molecule has 0 atom stereocenters. The Bertz CT molecular complexity index is 520. The van der Waals surface area contributed by atoms with Gasteiger partial charge in [-0.15, -0.1) is 0 Å². The topological polar surface area (TPSA) is 72.2 Å². The van der Waals surface area contributed by atoms with Gasteiger partial charge in [0.05, 0.1) is 4.90 Å². The Morgan fingerprint density at radius 2 is 1.89 bits per heavy atom. The first kappa shape index (κ1) is 13.4. The fourth-order valence-electron chi connectivity index (χ4n) is 2.48. The molecule has 18 heavy (non-hydrogen) atoms. The summed E-state index contributed by atoms with van der Waals surface area (Å²) in [5, 5.41) is 8.60. The van der Waals surface area contributed by atoms with Crippen LogP contribution in [0.1, 0.15) is 37.7 Å². The summed E-state index contributed by atoms with van der Waals surface area (Å²) in [5.41, 5.74) is 1.53. The van der Waals surface area contributed by atoms with Crippen LogP contribution in [0.15, 0.2) is 23.1 Å². The van der Waals surface area contributed by atoms with Crippen molar-refractivity contribution >= 4 is 15.7 Å². The van der Waals surface area contributed by atoms with E-state index in [9.17, 15) is 8.42 Å². The largest absolute Gasteiger partial charge is 0.382 e. The highest BCUT2D eigenvalue weighted by Crippen LogP contribution is 2.24. The van der Waals surface area contributed by atoms with Crippen LogP contribution in [0.4, 0.5) is 5.69 Å². The lowest BCUT2D eigenvalue weighted by atomic mass is 9.95. The zero-order chi connectivity index (χ0) is 13.2. The molecular weight excluding hydrogens is 248 g/mol. The van der Waals surface area contributed by atoms with Crippen molar-refractivity contribution < 1.29 is 8.42 Å². The third-order valence-corrected chi connectivity index (χ3v) is 4.52. The molecule has 3 N–H and O–H groups in total. The number of nitrogens with two attached hydrogens (primary N) is 1. The molecule has 5 heteroatoms. The van der Waals surface area contributed by atoms with Crippen LogP contribution in [-0.2, 0) is 10.0 Å². The first-order chi connectivity index (χ1) is 8.47. The summed E-state index contributed by atoms with van der Waals surface area (Å²) in [6, 6.07) is 5.80. The number of hydrogen-bond acceptors (Lipinski definition) is 3. The molecular formula is C13H20N2O2S. The normalized spacial score (nSPS) is 17.7. The van der Waals surface area contributed by atoms with Gasteiger partial charge in [0.1, 0.15) is 0 Å². The van der Waals surface area contributed by atoms with Crippen LogP contribution < -0.4 is 10.5 Å². The summed E-state index contributed by atoms with van der Waals surface area (Å²) in [5.74, 6) is 0. The fraction of sp³-hybridized carbons (Fsp3) is 0.538. The molecule has 1 aromatic carbocycles. The summed E-state index contributed by atoms with van der Waals surface area (Å²) < 4.78 is 22.9. The van der Waals surface area contributed by atoms with E-state index in [0.717, 1.165) is 18.5 Å². The molecule has 0 aliphatic heterocycles. The van der Waals surface area contributed by atoms with E-state index >= 15 is 0 Å². The minimum Gasteiger partial charge on any atom is -0.382 e. The maximum Gasteiger partial charge on any atom is 0.238 e. The number of hydrogen-bond donors (Lipinski definition) is 2. The molecule has 0 heterocycles. The number of rotatable bonds is 3. The van der Waals surface area contributed by atoms with Crippen molar-refractivity contribution in [2.24, 2.45) is 5.14 Å². The van der Waals surface area contributed by atoms with Crippen LogP contribution >= 0.6 is 0 Å². The van der Waals surface area contributed by atoms with Crippen LogP contribution in [0.3, 0.4) is 0 Å². The van der Waals surface area contributed by atoms with Crippen molar-refractivity contribution in [3.05, 3.63) is 23.8 Å². The molecule has 1 aromatic rings. The second kappa shape index (κ2) is 5.28. The monoisotopic (exact) mass is 268 g/mol. The second-order valence-electron chi connectivity index (χ2n) is 5.00. The summed E-state index contributed by atoms with van der Waals surface area (Å²) in [6.45, 7) is 1.75. The SMILES string of the molecule is Cc1ccc(NC2CCCCC2)cc1S(N)(=O)=O. The first-order valence-corrected chi connectivity index (χ1v) is 7.91.